The van der Waals surface area contributed by atoms with Gasteiger partial charge in [0.05, 0.1) is 32.0 Å². The van der Waals surface area contributed by atoms with Gasteiger partial charge in [0.15, 0.2) is 0 Å². The second-order valence-corrected chi connectivity index (χ2v) is 8.48. The fraction of sp³-hybridized carbons (Fsp3) is 0.565. The largest absolute Gasteiger partial charge is 0.481 e. The summed E-state index contributed by atoms with van der Waals surface area (Å²) < 4.78 is 11.2. The number of aromatic nitrogens is 3. The van der Waals surface area contributed by atoms with Crippen molar-refractivity contribution < 1.29 is 19.4 Å². The predicted octanol–water partition coefficient (Wildman–Crippen LogP) is 4.20. The Morgan fingerprint density at radius 1 is 1.17 bits per heavy atom. The van der Waals surface area contributed by atoms with Crippen LogP contribution in [-0.4, -0.2) is 39.7 Å². The zero-order valence-electron chi connectivity index (χ0n) is 17.4. The molecule has 2 aromatic heterocycles. The average molecular weight is 412 g/mol. The van der Waals surface area contributed by atoms with Gasteiger partial charge in [-0.2, -0.15) is 0 Å². The van der Waals surface area contributed by atoms with Crippen LogP contribution in [-0.2, 0) is 4.79 Å². The zero-order chi connectivity index (χ0) is 20.9. The van der Waals surface area contributed by atoms with Crippen molar-refractivity contribution in [3.8, 4) is 11.8 Å². The van der Waals surface area contributed by atoms with E-state index in [0.717, 1.165) is 49.8 Å². The summed E-state index contributed by atoms with van der Waals surface area (Å²) in [4.78, 5) is 24.3. The summed E-state index contributed by atoms with van der Waals surface area (Å²) in [6.45, 7) is 0.639. The van der Waals surface area contributed by atoms with Crippen LogP contribution in [0.4, 0.5) is 0 Å². The van der Waals surface area contributed by atoms with Gasteiger partial charge in [0.2, 0.25) is 11.8 Å². The standard InChI is InChI=1S/C23H29N3O4/c1-29-22-13-24-12-20(26-22)17-4-2-15(3-5-17)14-30-21-10-18(8-9-25-21)19(11-23(27)28)16-6-7-16/h8-10,12-13,15-17,19H,2-7,11,14H2,1H3,(H,27,28)/t15?,17?,19-/m0/s1. The summed E-state index contributed by atoms with van der Waals surface area (Å²) in [5.41, 5.74) is 2.04. The number of methoxy groups -OCH3 is 1. The molecule has 2 aliphatic carbocycles. The SMILES string of the molecule is COc1cncc(C2CCC(COc3cc([C@@H](CC(=O)O)C4CC4)ccn3)CC2)n1. The summed E-state index contributed by atoms with van der Waals surface area (Å²) in [5, 5.41) is 9.24. The van der Waals surface area contributed by atoms with Gasteiger partial charge in [-0.3, -0.25) is 9.78 Å². The molecule has 30 heavy (non-hydrogen) atoms. The second-order valence-electron chi connectivity index (χ2n) is 8.48. The van der Waals surface area contributed by atoms with Gasteiger partial charge in [0.25, 0.3) is 0 Å². The smallest absolute Gasteiger partial charge is 0.303 e. The quantitative estimate of drug-likeness (QED) is 0.661. The van der Waals surface area contributed by atoms with Crippen LogP contribution in [0.5, 0.6) is 11.8 Å². The van der Waals surface area contributed by atoms with Crippen molar-refractivity contribution in [2.24, 2.45) is 11.8 Å². The van der Waals surface area contributed by atoms with Gasteiger partial charge in [-0.25, -0.2) is 9.97 Å². The van der Waals surface area contributed by atoms with Crippen molar-refractivity contribution in [2.75, 3.05) is 13.7 Å². The van der Waals surface area contributed by atoms with Crippen molar-refractivity contribution in [1.82, 2.24) is 15.0 Å². The van der Waals surface area contributed by atoms with Crippen molar-refractivity contribution in [3.05, 3.63) is 42.0 Å². The molecule has 7 nitrogen and oxygen atoms in total. The number of pyridine rings is 1. The van der Waals surface area contributed by atoms with Gasteiger partial charge in [0.1, 0.15) is 0 Å². The van der Waals surface area contributed by atoms with E-state index < -0.39 is 5.97 Å². The Morgan fingerprint density at radius 3 is 2.67 bits per heavy atom. The Kier molecular flexibility index (Phi) is 6.45. The maximum absolute atomic E-state index is 11.2. The summed E-state index contributed by atoms with van der Waals surface area (Å²) in [6.07, 6.45) is 11.9. The van der Waals surface area contributed by atoms with Crippen LogP contribution in [0.2, 0.25) is 0 Å². The number of carboxylic acid groups (broad SMARTS) is 1. The average Bonchev–Trinajstić information content (AvgIpc) is 3.62. The molecule has 7 heteroatoms. The first-order valence-corrected chi connectivity index (χ1v) is 10.8. The number of carbonyl (C=O) groups is 1. The number of aliphatic carboxylic acids is 1. The minimum absolute atomic E-state index is 0.0623. The Bertz CT molecular complexity index is 863. The minimum Gasteiger partial charge on any atom is -0.481 e. The van der Waals surface area contributed by atoms with Crippen molar-refractivity contribution in [2.45, 2.75) is 56.8 Å². The van der Waals surface area contributed by atoms with Crippen molar-refractivity contribution in [3.63, 3.8) is 0 Å². The van der Waals surface area contributed by atoms with E-state index in [2.05, 4.69) is 15.0 Å². The minimum atomic E-state index is -0.747. The van der Waals surface area contributed by atoms with E-state index in [9.17, 15) is 9.90 Å². The molecule has 0 unspecified atom stereocenters. The molecule has 0 radical (unpaired) electrons. The number of carboxylic acids is 1. The van der Waals surface area contributed by atoms with Gasteiger partial charge >= 0.3 is 5.97 Å². The van der Waals surface area contributed by atoms with Gasteiger partial charge < -0.3 is 14.6 Å². The number of rotatable bonds is 9. The molecule has 0 saturated heterocycles. The Balaban J connectivity index is 1.30. The lowest BCUT2D eigenvalue weighted by Crippen LogP contribution is -2.20. The molecule has 4 rings (SSSR count). The number of hydrogen-bond acceptors (Lipinski definition) is 6. The van der Waals surface area contributed by atoms with Crippen LogP contribution in [0.15, 0.2) is 30.7 Å². The van der Waals surface area contributed by atoms with E-state index in [-0.39, 0.29) is 12.3 Å². The maximum Gasteiger partial charge on any atom is 0.303 e. The third kappa shape index (κ3) is 5.26. The van der Waals surface area contributed by atoms with E-state index in [1.165, 1.54) is 0 Å². The summed E-state index contributed by atoms with van der Waals surface area (Å²) in [7, 11) is 1.61. The molecule has 1 atom stereocenters. The normalized spacial score (nSPS) is 22.3. The molecule has 0 bridgehead atoms. The molecule has 0 aromatic carbocycles. The van der Waals surface area contributed by atoms with E-state index in [4.69, 9.17) is 9.47 Å². The molecule has 0 amide bonds. The van der Waals surface area contributed by atoms with Crippen LogP contribution in [0.1, 0.15) is 68.0 Å². The lowest BCUT2D eigenvalue weighted by Gasteiger charge is -2.28. The lowest BCUT2D eigenvalue weighted by molar-refractivity contribution is -0.137. The topological polar surface area (TPSA) is 94.4 Å². The molecule has 1 N–H and O–H groups in total. The number of hydrogen-bond donors (Lipinski definition) is 1. The molecule has 2 aromatic rings. The van der Waals surface area contributed by atoms with Gasteiger partial charge in [-0.05, 0) is 67.9 Å². The van der Waals surface area contributed by atoms with Crippen LogP contribution < -0.4 is 9.47 Å². The second kappa shape index (κ2) is 9.41. The highest BCUT2D eigenvalue weighted by atomic mass is 16.5. The highest BCUT2D eigenvalue weighted by Crippen LogP contribution is 2.45. The maximum atomic E-state index is 11.2. The Morgan fingerprint density at radius 2 is 1.97 bits per heavy atom. The van der Waals surface area contributed by atoms with Gasteiger partial charge in [-0.15, -0.1) is 0 Å². The fourth-order valence-electron chi connectivity index (χ4n) is 4.46. The van der Waals surface area contributed by atoms with Gasteiger partial charge in [-0.1, -0.05) is 0 Å². The molecule has 0 aliphatic heterocycles. The highest BCUT2D eigenvalue weighted by Gasteiger charge is 2.34. The monoisotopic (exact) mass is 411 g/mol. The molecule has 160 valence electrons. The third-order valence-electron chi connectivity index (χ3n) is 6.34. The first-order chi connectivity index (χ1) is 14.6. The van der Waals surface area contributed by atoms with E-state index in [0.29, 0.717) is 36.1 Å². The van der Waals surface area contributed by atoms with Crippen molar-refractivity contribution >= 4 is 5.97 Å². The van der Waals surface area contributed by atoms with Crippen LogP contribution in [0.3, 0.4) is 0 Å². The van der Waals surface area contributed by atoms with E-state index in [1.54, 1.807) is 19.5 Å². The highest BCUT2D eigenvalue weighted by molar-refractivity contribution is 5.68. The summed E-state index contributed by atoms with van der Waals surface area (Å²) >= 11 is 0. The number of ether oxygens (including phenoxy) is 2. The van der Waals surface area contributed by atoms with Crippen LogP contribution in [0, 0.1) is 11.8 Å². The van der Waals surface area contributed by atoms with Crippen LogP contribution >= 0.6 is 0 Å². The molecule has 0 spiro atoms. The molecular formula is C23H29N3O4. The van der Waals surface area contributed by atoms with Gasteiger partial charge in [0, 0.05) is 24.4 Å². The third-order valence-corrected chi connectivity index (χ3v) is 6.34. The zero-order valence-corrected chi connectivity index (χ0v) is 17.4. The lowest BCUT2D eigenvalue weighted by atomic mass is 9.81. The number of nitrogens with zero attached hydrogens (tertiary/aromatic N) is 3. The molecular weight excluding hydrogens is 382 g/mol. The first kappa shape index (κ1) is 20.6. The molecule has 2 heterocycles. The Hall–Kier alpha value is -2.70. The Labute approximate surface area is 176 Å². The van der Waals surface area contributed by atoms with E-state index in [1.807, 2.05) is 18.3 Å². The molecule has 2 aliphatic rings. The predicted molar refractivity (Wildman–Crippen MR) is 111 cm³/mol. The summed E-state index contributed by atoms with van der Waals surface area (Å²) in [5.74, 6) is 1.87. The van der Waals surface area contributed by atoms with E-state index >= 15 is 0 Å². The fourth-order valence-corrected chi connectivity index (χ4v) is 4.46. The van der Waals surface area contributed by atoms with Crippen molar-refractivity contribution in [1.29, 1.82) is 0 Å². The summed E-state index contributed by atoms with van der Waals surface area (Å²) in [6, 6.07) is 3.86. The first-order valence-electron chi connectivity index (χ1n) is 10.8. The van der Waals surface area contributed by atoms with Crippen LogP contribution in [0.25, 0.3) is 0 Å². The molecule has 2 saturated carbocycles. The molecule has 2 fully saturated rings.